The minimum absolute atomic E-state index is 0.262. The van der Waals surface area contributed by atoms with Crippen molar-refractivity contribution < 1.29 is 5.11 Å². The average molecular weight is 238 g/mol. The Morgan fingerprint density at radius 2 is 2.12 bits per heavy atom. The molecule has 2 rings (SSSR count). The predicted molar refractivity (Wildman–Crippen MR) is 69.9 cm³/mol. The Morgan fingerprint density at radius 1 is 1.44 bits per heavy atom. The monoisotopic (exact) mass is 238 g/mol. The fourth-order valence-electron chi connectivity index (χ4n) is 3.10. The van der Waals surface area contributed by atoms with Gasteiger partial charge in [0, 0.05) is 9.75 Å². The van der Waals surface area contributed by atoms with Gasteiger partial charge in [-0.2, -0.15) is 0 Å². The molecule has 1 fully saturated rings. The molecule has 2 unspecified atom stereocenters. The van der Waals surface area contributed by atoms with Gasteiger partial charge >= 0.3 is 0 Å². The molecule has 1 aromatic heterocycles. The van der Waals surface area contributed by atoms with E-state index in [1.807, 2.05) is 0 Å². The second-order valence-corrected chi connectivity index (χ2v) is 7.26. The topological polar surface area (TPSA) is 20.2 Å². The Bertz CT molecular complexity index is 378. The summed E-state index contributed by atoms with van der Waals surface area (Å²) in [7, 11) is 0. The van der Waals surface area contributed by atoms with Gasteiger partial charge in [-0.25, -0.2) is 0 Å². The summed E-state index contributed by atoms with van der Waals surface area (Å²) in [5.74, 6) is 0.431. The van der Waals surface area contributed by atoms with Crippen LogP contribution in [0.5, 0.6) is 0 Å². The standard InChI is InChI=1S/C14H22OS/c1-9-8-11(10(2)16-9)13(15)12-6-5-7-14(12,3)4/h8,12-13,15H,5-7H2,1-4H3. The van der Waals surface area contributed by atoms with E-state index in [4.69, 9.17) is 0 Å². The molecule has 90 valence electrons. The maximum atomic E-state index is 10.6. The van der Waals surface area contributed by atoms with Gasteiger partial charge in [0.2, 0.25) is 0 Å². The molecule has 2 atom stereocenters. The summed E-state index contributed by atoms with van der Waals surface area (Å²) >= 11 is 1.80. The molecule has 2 heteroatoms. The predicted octanol–water partition coefficient (Wildman–Crippen LogP) is 4.22. The number of aliphatic hydroxyl groups excluding tert-OH is 1. The van der Waals surface area contributed by atoms with E-state index in [9.17, 15) is 5.11 Å². The third-order valence-corrected chi connectivity index (χ3v) is 5.10. The van der Waals surface area contributed by atoms with Gasteiger partial charge in [0.1, 0.15) is 0 Å². The van der Waals surface area contributed by atoms with Crippen molar-refractivity contribution in [2.75, 3.05) is 0 Å². The lowest BCUT2D eigenvalue weighted by Crippen LogP contribution is -2.24. The first-order chi connectivity index (χ1) is 7.42. The molecular weight excluding hydrogens is 216 g/mol. The quantitative estimate of drug-likeness (QED) is 0.817. The summed E-state index contributed by atoms with van der Waals surface area (Å²) in [4.78, 5) is 2.59. The van der Waals surface area contributed by atoms with Gasteiger partial charge in [-0.15, -0.1) is 11.3 Å². The van der Waals surface area contributed by atoms with E-state index in [1.165, 1.54) is 34.6 Å². The smallest absolute Gasteiger partial charge is 0.0834 e. The minimum Gasteiger partial charge on any atom is -0.388 e. The van der Waals surface area contributed by atoms with Crippen molar-refractivity contribution in [3.8, 4) is 0 Å². The van der Waals surface area contributed by atoms with Crippen LogP contribution < -0.4 is 0 Å². The third kappa shape index (κ3) is 2.05. The van der Waals surface area contributed by atoms with Crippen molar-refractivity contribution in [3.05, 3.63) is 21.4 Å². The number of thiophene rings is 1. The number of aryl methyl sites for hydroxylation is 2. The molecule has 1 heterocycles. The van der Waals surface area contributed by atoms with Crippen LogP contribution in [0.15, 0.2) is 6.07 Å². The Balaban J connectivity index is 2.25. The molecule has 1 aliphatic rings. The van der Waals surface area contributed by atoms with Crippen molar-refractivity contribution in [2.45, 2.75) is 53.1 Å². The van der Waals surface area contributed by atoms with Crippen molar-refractivity contribution in [1.82, 2.24) is 0 Å². The third-order valence-electron chi connectivity index (χ3n) is 4.12. The molecule has 0 aliphatic heterocycles. The van der Waals surface area contributed by atoms with Crippen LogP contribution >= 0.6 is 11.3 Å². The lowest BCUT2D eigenvalue weighted by atomic mass is 9.77. The highest BCUT2D eigenvalue weighted by atomic mass is 32.1. The first-order valence-electron chi connectivity index (χ1n) is 6.17. The molecule has 0 saturated heterocycles. The highest BCUT2D eigenvalue weighted by Crippen LogP contribution is 2.49. The van der Waals surface area contributed by atoms with E-state index in [1.54, 1.807) is 11.3 Å². The summed E-state index contributed by atoms with van der Waals surface area (Å²) in [6.07, 6.45) is 3.42. The van der Waals surface area contributed by atoms with Crippen molar-refractivity contribution in [1.29, 1.82) is 0 Å². The van der Waals surface area contributed by atoms with E-state index < -0.39 is 0 Å². The van der Waals surface area contributed by atoms with Gasteiger partial charge in [0.25, 0.3) is 0 Å². The van der Waals surface area contributed by atoms with Crippen LogP contribution in [-0.4, -0.2) is 5.11 Å². The van der Waals surface area contributed by atoms with Crippen LogP contribution in [0.25, 0.3) is 0 Å². The highest BCUT2D eigenvalue weighted by Gasteiger charge is 2.40. The lowest BCUT2D eigenvalue weighted by molar-refractivity contribution is 0.0530. The molecule has 1 saturated carbocycles. The zero-order valence-electron chi connectivity index (χ0n) is 10.7. The van der Waals surface area contributed by atoms with Crippen LogP contribution in [0, 0.1) is 25.2 Å². The number of hydrogen-bond acceptors (Lipinski definition) is 2. The minimum atomic E-state index is -0.262. The van der Waals surface area contributed by atoms with Crippen LogP contribution in [0.2, 0.25) is 0 Å². The zero-order valence-corrected chi connectivity index (χ0v) is 11.5. The Morgan fingerprint density at radius 3 is 2.56 bits per heavy atom. The van der Waals surface area contributed by atoms with Crippen molar-refractivity contribution >= 4 is 11.3 Å². The van der Waals surface area contributed by atoms with Gasteiger partial charge in [0.05, 0.1) is 6.10 Å². The Kier molecular flexibility index (Phi) is 3.15. The van der Waals surface area contributed by atoms with Crippen LogP contribution in [0.3, 0.4) is 0 Å². The Labute approximate surface area is 103 Å². The summed E-state index contributed by atoms with van der Waals surface area (Å²) in [5, 5.41) is 10.6. The molecule has 16 heavy (non-hydrogen) atoms. The van der Waals surface area contributed by atoms with E-state index in [0.717, 1.165) is 0 Å². The molecule has 1 N–H and O–H groups in total. The summed E-state index contributed by atoms with van der Waals surface area (Å²) < 4.78 is 0. The largest absolute Gasteiger partial charge is 0.388 e. The average Bonchev–Trinajstić information content (AvgIpc) is 2.68. The van der Waals surface area contributed by atoms with Crippen molar-refractivity contribution in [2.24, 2.45) is 11.3 Å². The molecule has 0 spiro atoms. The number of rotatable bonds is 2. The first kappa shape index (κ1) is 12.1. The number of aliphatic hydroxyl groups is 1. The molecule has 1 aromatic rings. The van der Waals surface area contributed by atoms with Crippen molar-refractivity contribution in [3.63, 3.8) is 0 Å². The van der Waals surface area contributed by atoms with Crippen LogP contribution in [0.1, 0.15) is 54.5 Å². The Hall–Kier alpha value is -0.340. The first-order valence-corrected chi connectivity index (χ1v) is 6.98. The molecule has 0 radical (unpaired) electrons. The fraction of sp³-hybridized carbons (Fsp3) is 0.714. The van der Waals surface area contributed by atoms with E-state index >= 15 is 0 Å². The maximum absolute atomic E-state index is 10.6. The molecule has 0 aromatic carbocycles. The molecule has 0 amide bonds. The van der Waals surface area contributed by atoms with Gasteiger partial charge in [-0.1, -0.05) is 20.3 Å². The fourth-order valence-corrected chi connectivity index (χ4v) is 4.07. The second-order valence-electron chi connectivity index (χ2n) is 5.80. The van der Waals surface area contributed by atoms with Gasteiger partial charge < -0.3 is 5.11 Å². The van der Waals surface area contributed by atoms with Gasteiger partial charge in [-0.3, -0.25) is 0 Å². The second kappa shape index (κ2) is 4.15. The molecular formula is C14H22OS. The van der Waals surface area contributed by atoms with E-state index in [0.29, 0.717) is 11.3 Å². The SMILES string of the molecule is Cc1cc(C(O)C2CCCC2(C)C)c(C)s1. The summed E-state index contributed by atoms with van der Waals surface area (Å²) in [6.45, 7) is 8.83. The van der Waals surface area contributed by atoms with E-state index in [-0.39, 0.29) is 6.10 Å². The van der Waals surface area contributed by atoms with Gasteiger partial charge in [0.15, 0.2) is 0 Å². The summed E-state index contributed by atoms with van der Waals surface area (Å²) in [6, 6.07) is 2.17. The zero-order chi connectivity index (χ0) is 11.9. The molecule has 0 bridgehead atoms. The molecule has 1 nitrogen and oxygen atoms in total. The van der Waals surface area contributed by atoms with E-state index in [2.05, 4.69) is 33.8 Å². The normalized spacial score (nSPS) is 25.9. The summed E-state index contributed by atoms with van der Waals surface area (Å²) in [5.41, 5.74) is 1.46. The van der Waals surface area contributed by atoms with Gasteiger partial charge in [-0.05, 0) is 49.7 Å². The molecule has 1 aliphatic carbocycles. The van der Waals surface area contributed by atoms with Crippen LogP contribution in [-0.2, 0) is 0 Å². The number of hydrogen-bond donors (Lipinski definition) is 1. The maximum Gasteiger partial charge on any atom is 0.0834 e. The highest BCUT2D eigenvalue weighted by molar-refractivity contribution is 7.12. The van der Waals surface area contributed by atoms with Crippen LogP contribution in [0.4, 0.5) is 0 Å². The lowest BCUT2D eigenvalue weighted by Gasteiger charge is -2.31.